The second kappa shape index (κ2) is 4.30. The smallest absolute Gasteiger partial charge is 0.311 e. The first-order valence-electron chi connectivity index (χ1n) is 7.70. The fourth-order valence-electron chi connectivity index (χ4n) is 5.53. The van der Waals surface area contributed by atoms with Crippen LogP contribution < -0.4 is 0 Å². The van der Waals surface area contributed by atoms with E-state index in [0.29, 0.717) is 11.2 Å². The summed E-state index contributed by atoms with van der Waals surface area (Å²) < 4.78 is 2.00. The molecule has 5 rings (SSSR count). The Labute approximate surface area is 118 Å². The number of hydrogen-bond acceptors (Lipinski definition) is 3. The van der Waals surface area contributed by atoms with Crippen molar-refractivity contribution in [2.24, 2.45) is 23.2 Å². The number of nitrogens with zero attached hydrogens (tertiary/aromatic N) is 3. The van der Waals surface area contributed by atoms with Gasteiger partial charge in [-0.15, -0.1) is 10.2 Å². The quantitative estimate of drug-likeness (QED) is 0.914. The van der Waals surface area contributed by atoms with Gasteiger partial charge in [0.2, 0.25) is 0 Å². The Bertz CT molecular complexity index is 502. The molecule has 4 aliphatic carbocycles. The van der Waals surface area contributed by atoms with Crippen LogP contribution in [0.25, 0.3) is 0 Å². The Hall–Kier alpha value is -1.39. The zero-order chi connectivity index (χ0) is 13.7. The van der Waals surface area contributed by atoms with E-state index in [1.807, 2.05) is 4.57 Å². The standard InChI is InChI=1S/C15H21N3O2/c19-14(20)4-13-17-16-9-18(13)8-15-5-10-1-11(6-15)3-12(2-10)7-15/h9-12H,1-8H2,(H,19,20). The molecule has 4 fully saturated rings. The first-order valence-corrected chi connectivity index (χ1v) is 7.70. The highest BCUT2D eigenvalue weighted by molar-refractivity contribution is 5.68. The van der Waals surface area contributed by atoms with Gasteiger partial charge >= 0.3 is 5.97 Å². The maximum Gasteiger partial charge on any atom is 0.311 e. The lowest BCUT2D eigenvalue weighted by molar-refractivity contribution is -0.136. The summed E-state index contributed by atoms with van der Waals surface area (Å²) in [7, 11) is 0. The summed E-state index contributed by atoms with van der Waals surface area (Å²) in [6.45, 7) is 0.923. The zero-order valence-corrected chi connectivity index (χ0v) is 11.7. The molecular formula is C15H21N3O2. The normalized spacial score (nSPS) is 38.3. The lowest BCUT2D eigenvalue weighted by atomic mass is 9.49. The maximum absolute atomic E-state index is 10.9. The van der Waals surface area contributed by atoms with Crippen molar-refractivity contribution in [3.05, 3.63) is 12.2 Å². The SMILES string of the molecule is O=C(O)Cc1nncn1CC12CC3CC(CC(C3)C1)C2. The molecule has 108 valence electrons. The molecule has 0 aliphatic heterocycles. The van der Waals surface area contributed by atoms with Gasteiger partial charge in [0.25, 0.3) is 0 Å². The van der Waals surface area contributed by atoms with Crippen LogP contribution in [0.5, 0.6) is 0 Å². The average Bonchev–Trinajstić information content (AvgIpc) is 2.73. The molecule has 5 heteroatoms. The van der Waals surface area contributed by atoms with E-state index in [2.05, 4.69) is 10.2 Å². The van der Waals surface area contributed by atoms with Crippen LogP contribution >= 0.6 is 0 Å². The monoisotopic (exact) mass is 275 g/mol. The van der Waals surface area contributed by atoms with Crippen LogP contribution in [-0.2, 0) is 17.8 Å². The fourth-order valence-corrected chi connectivity index (χ4v) is 5.53. The Morgan fingerprint density at radius 2 is 1.85 bits per heavy atom. The molecule has 0 spiro atoms. The average molecular weight is 275 g/mol. The van der Waals surface area contributed by atoms with Gasteiger partial charge in [0.05, 0.1) is 0 Å². The maximum atomic E-state index is 10.9. The highest BCUT2D eigenvalue weighted by Crippen LogP contribution is 2.60. The predicted molar refractivity (Wildman–Crippen MR) is 72.0 cm³/mol. The van der Waals surface area contributed by atoms with Gasteiger partial charge in [-0.25, -0.2) is 0 Å². The zero-order valence-electron chi connectivity index (χ0n) is 11.7. The minimum atomic E-state index is -0.829. The third kappa shape index (κ3) is 2.03. The molecule has 0 saturated heterocycles. The van der Waals surface area contributed by atoms with Crippen LogP contribution in [-0.4, -0.2) is 25.8 Å². The van der Waals surface area contributed by atoms with Gasteiger partial charge in [0.1, 0.15) is 18.6 Å². The van der Waals surface area contributed by atoms with Gasteiger partial charge < -0.3 is 9.67 Å². The van der Waals surface area contributed by atoms with E-state index in [1.54, 1.807) is 6.33 Å². The van der Waals surface area contributed by atoms with E-state index in [1.165, 1.54) is 38.5 Å². The van der Waals surface area contributed by atoms with Crippen LogP contribution in [0.15, 0.2) is 6.33 Å². The number of carbonyl (C=O) groups is 1. The van der Waals surface area contributed by atoms with E-state index < -0.39 is 5.97 Å². The third-order valence-electron chi connectivity index (χ3n) is 5.68. The van der Waals surface area contributed by atoms with Crippen LogP contribution in [0, 0.1) is 23.2 Å². The molecule has 4 bridgehead atoms. The topological polar surface area (TPSA) is 68.0 Å². The van der Waals surface area contributed by atoms with Gasteiger partial charge in [-0.3, -0.25) is 4.79 Å². The summed E-state index contributed by atoms with van der Waals surface area (Å²) in [4.78, 5) is 10.9. The highest BCUT2D eigenvalue weighted by atomic mass is 16.4. The molecule has 0 radical (unpaired) electrons. The molecule has 1 heterocycles. The van der Waals surface area contributed by atoms with E-state index in [-0.39, 0.29) is 6.42 Å². The summed E-state index contributed by atoms with van der Waals surface area (Å²) in [6, 6.07) is 0. The fraction of sp³-hybridized carbons (Fsp3) is 0.800. The summed E-state index contributed by atoms with van der Waals surface area (Å²) in [6.07, 6.45) is 9.97. The van der Waals surface area contributed by atoms with Crippen molar-refractivity contribution >= 4 is 5.97 Å². The lowest BCUT2D eigenvalue weighted by Crippen LogP contribution is -2.48. The largest absolute Gasteiger partial charge is 0.481 e. The number of carboxylic acids is 1. The summed E-state index contributed by atoms with van der Waals surface area (Å²) >= 11 is 0. The first kappa shape index (κ1) is 12.4. The minimum Gasteiger partial charge on any atom is -0.481 e. The number of rotatable bonds is 4. The van der Waals surface area contributed by atoms with Crippen molar-refractivity contribution in [1.29, 1.82) is 0 Å². The number of aromatic nitrogens is 3. The van der Waals surface area contributed by atoms with Crippen molar-refractivity contribution < 1.29 is 9.90 Å². The van der Waals surface area contributed by atoms with Gasteiger partial charge in [0.15, 0.2) is 0 Å². The lowest BCUT2D eigenvalue weighted by Gasteiger charge is -2.57. The van der Waals surface area contributed by atoms with E-state index in [0.717, 1.165) is 24.3 Å². The molecule has 0 atom stereocenters. The Morgan fingerprint density at radius 1 is 1.25 bits per heavy atom. The van der Waals surface area contributed by atoms with Crippen LogP contribution in [0.2, 0.25) is 0 Å². The molecule has 0 amide bonds. The van der Waals surface area contributed by atoms with Crippen molar-refractivity contribution in [3.8, 4) is 0 Å². The Kier molecular flexibility index (Phi) is 2.66. The Balaban J connectivity index is 1.57. The van der Waals surface area contributed by atoms with E-state index in [4.69, 9.17) is 5.11 Å². The number of carboxylic acid groups (broad SMARTS) is 1. The van der Waals surface area contributed by atoms with Crippen LogP contribution in [0.1, 0.15) is 44.3 Å². The van der Waals surface area contributed by atoms with E-state index >= 15 is 0 Å². The molecular weight excluding hydrogens is 254 g/mol. The number of hydrogen-bond donors (Lipinski definition) is 1. The minimum absolute atomic E-state index is 0.0215. The third-order valence-corrected chi connectivity index (χ3v) is 5.68. The predicted octanol–water partition coefficient (Wildman–Crippen LogP) is 2.12. The van der Waals surface area contributed by atoms with Crippen molar-refractivity contribution in [2.45, 2.75) is 51.5 Å². The molecule has 0 aromatic carbocycles. The second-order valence-corrected chi connectivity index (χ2v) is 7.36. The Morgan fingerprint density at radius 3 is 2.40 bits per heavy atom. The molecule has 1 N–H and O–H groups in total. The van der Waals surface area contributed by atoms with Crippen LogP contribution in [0.3, 0.4) is 0 Å². The molecule has 1 aromatic rings. The molecule has 4 aliphatic rings. The molecule has 1 aromatic heterocycles. The van der Waals surface area contributed by atoms with Crippen molar-refractivity contribution in [2.75, 3.05) is 0 Å². The second-order valence-electron chi connectivity index (χ2n) is 7.36. The highest BCUT2D eigenvalue weighted by Gasteiger charge is 2.51. The molecule has 5 nitrogen and oxygen atoms in total. The van der Waals surface area contributed by atoms with Gasteiger partial charge in [0, 0.05) is 6.54 Å². The van der Waals surface area contributed by atoms with Gasteiger partial charge in [-0.1, -0.05) is 0 Å². The van der Waals surface area contributed by atoms with Gasteiger partial charge in [-0.2, -0.15) is 0 Å². The van der Waals surface area contributed by atoms with Crippen molar-refractivity contribution in [3.63, 3.8) is 0 Å². The van der Waals surface area contributed by atoms with Crippen LogP contribution in [0.4, 0.5) is 0 Å². The summed E-state index contributed by atoms with van der Waals surface area (Å²) in [5.74, 6) is 2.53. The molecule has 4 saturated carbocycles. The van der Waals surface area contributed by atoms with Crippen molar-refractivity contribution in [1.82, 2.24) is 14.8 Å². The summed E-state index contributed by atoms with van der Waals surface area (Å²) in [5, 5.41) is 16.9. The van der Waals surface area contributed by atoms with Gasteiger partial charge in [-0.05, 0) is 61.7 Å². The molecule has 0 unspecified atom stereocenters. The molecule has 20 heavy (non-hydrogen) atoms. The summed E-state index contributed by atoms with van der Waals surface area (Å²) in [5.41, 5.74) is 0.393. The number of aliphatic carboxylic acids is 1. The first-order chi connectivity index (χ1) is 9.62. The van der Waals surface area contributed by atoms with E-state index in [9.17, 15) is 4.79 Å².